The van der Waals surface area contributed by atoms with Crippen LogP contribution in [0.2, 0.25) is 0 Å². The molecule has 0 aromatic carbocycles. The minimum Gasteiger partial charge on any atom is -0.756 e. The maximum absolute atomic E-state index is 13.0. The fraction of sp³-hybridized carbons (Fsp3) is 0.897. The van der Waals surface area contributed by atoms with E-state index >= 15 is 0 Å². The summed E-state index contributed by atoms with van der Waals surface area (Å²) in [5.41, 5.74) is 0. The Hall–Kier alpha value is -1.28. The minimum absolute atomic E-state index is 0.00486. The van der Waals surface area contributed by atoms with E-state index in [0.29, 0.717) is 17.4 Å². The third-order valence-electron chi connectivity index (χ3n) is 15.6. The lowest BCUT2D eigenvalue weighted by atomic mass is 10.0. The number of rotatable bonds is 63. The van der Waals surface area contributed by atoms with Gasteiger partial charge in [-0.25, -0.2) is 0 Å². The zero-order valence-corrected chi connectivity index (χ0v) is 53.1. The van der Waals surface area contributed by atoms with E-state index in [1.165, 1.54) is 283 Å². The number of nitrogens with zero attached hydrogens (tertiary/aromatic N) is 1. The Morgan fingerprint density at radius 2 is 0.727 bits per heavy atom. The molecule has 2 N–H and O–H groups in total. The van der Waals surface area contributed by atoms with Gasteiger partial charge in [-0.15, -0.1) is 0 Å². The molecular weight excluding hydrogens is 972 g/mol. The van der Waals surface area contributed by atoms with Crippen LogP contribution in [0.15, 0.2) is 36.5 Å². The van der Waals surface area contributed by atoms with Crippen molar-refractivity contribution in [1.82, 2.24) is 5.32 Å². The Labute approximate surface area is 480 Å². The number of quaternary nitrogens is 1. The van der Waals surface area contributed by atoms with Gasteiger partial charge in [0.1, 0.15) is 13.2 Å². The van der Waals surface area contributed by atoms with Crippen molar-refractivity contribution in [2.75, 3.05) is 40.9 Å². The molecule has 0 heterocycles. The molecule has 0 fully saturated rings. The monoisotopic (exact) mass is 1100 g/mol. The van der Waals surface area contributed by atoms with E-state index in [9.17, 15) is 19.4 Å². The molecule has 456 valence electrons. The molecule has 0 saturated heterocycles. The van der Waals surface area contributed by atoms with Crippen LogP contribution in [0.3, 0.4) is 0 Å². The molecular formula is C68H133N2O6P. The maximum Gasteiger partial charge on any atom is 0.268 e. The molecule has 0 aromatic heterocycles. The van der Waals surface area contributed by atoms with Crippen molar-refractivity contribution < 1.29 is 32.9 Å². The number of nitrogens with one attached hydrogen (secondary N) is 1. The Bertz CT molecular complexity index is 1350. The highest BCUT2D eigenvalue weighted by Gasteiger charge is 2.23. The van der Waals surface area contributed by atoms with Crippen LogP contribution < -0.4 is 10.2 Å². The first-order valence-corrected chi connectivity index (χ1v) is 35.3. The molecule has 0 radical (unpaired) electrons. The SMILES string of the molecule is CCCCCCCCCC/C=C\CCCCCCCCCCCCCCCCCC(=O)NC(COP(=O)([O-])OCC[N+](C)(C)C)C(O)/C=C/CC/C=C/CCCCCCCCCCCCCCCCCCCCCCCC. The summed E-state index contributed by atoms with van der Waals surface area (Å²) in [7, 11) is 1.26. The Kier molecular flexibility index (Phi) is 58.4. The number of phosphoric acid groups is 1. The normalized spacial score (nSPS) is 13.9. The molecule has 3 unspecified atom stereocenters. The Balaban J connectivity index is 4.12. The van der Waals surface area contributed by atoms with Crippen molar-refractivity contribution in [3.05, 3.63) is 36.5 Å². The van der Waals surface area contributed by atoms with Crippen molar-refractivity contribution in [2.24, 2.45) is 0 Å². The van der Waals surface area contributed by atoms with Crippen molar-refractivity contribution in [2.45, 2.75) is 353 Å². The summed E-state index contributed by atoms with van der Waals surface area (Å²) in [5, 5.41) is 13.9. The average Bonchev–Trinajstić information content (AvgIpc) is 3.39. The van der Waals surface area contributed by atoms with Gasteiger partial charge in [-0.2, -0.15) is 0 Å². The second kappa shape index (κ2) is 59.3. The van der Waals surface area contributed by atoms with Gasteiger partial charge in [-0.1, -0.05) is 314 Å². The largest absolute Gasteiger partial charge is 0.756 e. The van der Waals surface area contributed by atoms with E-state index in [-0.39, 0.29) is 19.1 Å². The number of allylic oxidation sites excluding steroid dienone is 5. The van der Waals surface area contributed by atoms with Gasteiger partial charge in [0.15, 0.2) is 0 Å². The van der Waals surface area contributed by atoms with Crippen LogP contribution in [-0.4, -0.2) is 68.5 Å². The summed E-state index contributed by atoms with van der Waals surface area (Å²) in [5.74, 6) is -0.201. The van der Waals surface area contributed by atoms with Crippen LogP contribution >= 0.6 is 7.82 Å². The molecule has 0 aliphatic heterocycles. The number of aliphatic hydroxyl groups excluding tert-OH is 1. The number of hydrogen-bond donors (Lipinski definition) is 2. The fourth-order valence-corrected chi connectivity index (χ4v) is 11.0. The topological polar surface area (TPSA) is 108 Å². The highest BCUT2D eigenvalue weighted by molar-refractivity contribution is 7.45. The Morgan fingerprint density at radius 1 is 0.442 bits per heavy atom. The summed E-state index contributed by atoms with van der Waals surface area (Å²) in [6.45, 7) is 4.68. The zero-order chi connectivity index (χ0) is 56.3. The van der Waals surface area contributed by atoms with Crippen LogP contribution in [0.1, 0.15) is 341 Å². The minimum atomic E-state index is -4.61. The molecule has 0 saturated carbocycles. The number of likely N-dealkylation sites (N-methyl/N-ethyl adjacent to an activating group) is 1. The summed E-state index contributed by atoms with van der Waals surface area (Å²) < 4.78 is 23.4. The standard InChI is InChI=1S/C68H133N2O6P/c1-6-8-10-12-14-16-18-20-22-24-26-28-30-32-34-36-37-39-41-43-45-47-49-51-53-55-57-59-61-67(71)66(65-76-77(73,74)75-64-63-70(3,4)5)69-68(72)62-60-58-56-54-52-50-48-46-44-42-40-38-35-33-31-29-27-25-23-21-19-17-15-13-11-9-7-2/h25,27,51,53,59,61,66-67,71H,6-24,26,28-50,52,54-58,60,62-65H2,1-5H3,(H-,69,72,73,74)/b27-25-,53-51+,61-59+. The van der Waals surface area contributed by atoms with E-state index < -0.39 is 20.0 Å². The number of phosphoric ester groups is 1. The van der Waals surface area contributed by atoms with Gasteiger partial charge in [-0.3, -0.25) is 9.36 Å². The highest BCUT2D eigenvalue weighted by Crippen LogP contribution is 2.38. The number of unbranched alkanes of at least 4 members (excludes halogenated alkanes) is 46. The van der Waals surface area contributed by atoms with E-state index in [1.807, 2.05) is 27.2 Å². The molecule has 0 aliphatic rings. The third kappa shape index (κ3) is 62.2. The average molecular weight is 1110 g/mol. The lowest BCUT2D eigenvalue weighted by molar-refractivity contribution is -0.870. The molecule has 0 aliphatic carbocycles. The predicted octanol–water partition coefficient (Wildman–Crippen LogP) is 20.6. The number of aliphatic hydroxyl groups is 1. The molecule has 1 amide bonds. The van der Waals surface area contributed by atoms with Gasteiger partial charge in [0, 0.05) is 6.42 Å². The molecule has 0 rings (SSSR count). The van der Waals surface area contributed by atoms with Crippen LogP contribution in [0.5, 0.6) is 0 Å². The number of carbonyl (C=O) groups excluding carboxylic acids is 1. The lowest BCUT2D eigenvalue weighted by Gasteiger charge is -2.29. The Morgan fingerprint density at radius 3 is 1.05 bits per heavy atom. The molecule has 8 nitrogen and oxygen atoms in total. The van der Waals surface area contributed by atoms with Gasteiger partial charge >= 0.3 is 0 Å². The molecule has 3 atom stereocenters. The molecule has 77 heavy (non-hydrogen) atoms. The molecule has 0 spiro atoms. The second-order valence-electron chi connectivity index (χ2n) is 24.5. The van der Waals surface area contributed by atoms with E-state index in [4.69, 9.17) is 9.05 Å². The van der Waals surface area contributed by atoms with Crippen molar-refractivity contribution in [3.63, 3.8) is 0 Å². The third-order valence-corrected chi connectivity index (χ3v) is 16.5. The van der Waals surface area contributed by atoms with Gasteiger partial charge < -0.3 is 28.8 Å². The molecule has 9 heteroatoms. The van der Waals surface area contributed by atoms with Gasteiger partial charge in [0.2, 0.25) is 5.91 Å². The molecule has 0 aromatic rings. The van der Waals surface area contributed by atoms with Crippen molar-refractivity contribution in [1.29, 1.82) is 0 Å². The maximum atomic E-state index is 13.0. The predicted molar refractivity (Wildman–Crippen MR) is 335 cm³/mol. The van der Waals surface area contributed by atoms with E-state index in [0.717, 1.165) is 38.5 Å². The van der Waals surface area contributed by atoms with E-state index in [2.05, 4.69) is 43.5 Å². The highest BCUT2D eigenvalue weighted by atomic mass is 31.2. The number of carbonyl (C=O) groups is 1. The molecule has 0 bridgehead atoms. The second-order valence-corrected chi connectivity index (χ2v) is 25.9. The summed E-state index contributed by atoms with van der Waals surface area (Å²) in [6.07, 6.45) is 78.4. The lowest BCUT2D eigenvalue weighted by Crippen LogP contribution is -2.45. The van der Waals surface area contributed by atoms with Crippen LogP contribution in [-0.2, 0) is 18.4 Å². The first-order chi connectivity index (χ1) is 37.5. The van der Waals surface area contributed by atoms with Crippen molar-refractivity contribution >= 4 is 13.7 Å². The number of amides is 1. The smallest absolute Gasteiger partial charge is 0.268 e. The summed E-state index contributed by atoms with van der Waals surface area (Å²) >= 11 is 0. The number of hydrogen-bond acceptors (Lipinski definition) is 6. The quantitative estimate of drug-likeness (QED) is 0.0272. The van der Waals surface area contributed by atoms with Crippen LogP contribution in [0.25, 0.3) is 0 Å². The summed E-state index contributed by atoms with van der Waals surface area (Å²) in [6, 6.07) is -0.904. The zero-order valence-electron chi connectivity index (χ0n) is 52.2. The first-order valence-electron chi connectivity index (χ1n) is 33.9. The van der Waals surface area contributed by atoms with Gasteiger partial charge in [0.05, 0.1) is 39.9 Å². The summed E-state index contributed by atoms with van der Waals surface area (Å²) in [4.78, 5) is 25.6. The van der Waals surface area contributed by atoms with Crippen LogP contribution in [0, 0.1) is 0 Å². The fourth-order valence-electron chi connectivity index (χ4n) is 10.3. The van der Waals surface area contributed by atoms with Gasteiger partial charge in [-0.05, 0) is 57.8 Å². The van der Waals surface area contributed by atoms with Crippen LogP contribution in [0.4, 0.5) is 0 Å². The van der Waals surface area contributed by atoms with Crippen molar-refractivity contribution in [3.8, 4) is 0 Å². The van der Waals surface area contributed by atoms with Gasteiger partial charge in [0.25, 0.3) is 7.82 Å². The first kappa shape index (κ1) is 75.7. The van der Waals surface area contributed by atoms with E-state index in [1.54, 1.807) is 6.08 Å².